The molecule has 0 aromatic heterocycles. The van der Waals surface area contributed by atoms with E-state index in [1.54, 1.807) is 13.8 Å². The fourth-order valence-electron chi connectivity index (χ4n) is 3.39. The number of carbonyl (C=O) groups excluding carboxylic acids is 3. The van der Waals surface area contributed by atoms with Gasteiger partial charge in [-0.3, -0.25) is 14.4 Å². The standard InChI is InChI=1S/C24H49N5O3/c1-4-5-6-7-8-9-10-11-12-15-22(30)29(18-13-16-27-23(31)20(2)25)19-14-17-28-24(32)21(3)26/h20-21H,4-19,25-26H2,1-3H3,(H,27,31)(H,28,32)/t20-,21-/m0/s1. The van der Waals surface area contributed by atoms with E-state index < -0.39 is 12.1 Å². The Kier molecular flexibility index (Phi) is 18.9. The first-order chi connectivity index (χ1) is 15.3. The molecule has 0 rings (SSSR count). The fraction of sp³-hybridized carbons (Fsp3) is 0.875. The number of nitrogens with one attached hydrogen (secondary N) is 2. The smallest absolute Gasteiger partial charge is 0.236 e. The first-order valence-corrected chi connectivity index (χ1v) is 12.6. The molecular formula is C24H49N5O3. The van der Waals surface area contributed by atoms with Gasteiger partial charge in [-0.15, -0.1) is 0 Å². The van der Waals surface area contributed by atoms with Crippen LogP contribution >= 0.6 is 0 Å². The molecule has 188 valence electrons. The van der Waals surface area contributed by atoms with E-state index >= 15 is 0 Å². The van der Waals surface area contributed by atoms with Crippen molar-refractivity contribution < 1.29 is 14.4 Å². The van der Waals surface area contributed by atoms with Crippen molar-refractivity contribution in [1.82, 2.24) is 15.5 Å². The lowest BCUT2D eigenvalue weighted by atomic mass is 10.1. The molecule has 0 saturated heterocycles. The molecule has 0 fully saturated rings. The maximum absolute atomic E-state index is 12.7. The summed E-state index contributed by atoms with van der Waals surface area (Å²) in [6.45, 7) is 7.66. The molecule has 0 bridgehead atoms. The van der Waals surface area contributed by atoms with Gasteiger partial charge in [0.1, 0.15) is 0 Å². The van der Waals surface area contributed by atoms with Gasteiger partial charge in [-0.05, 0) is 33.1 Å². The normalized spacial score (nSPS) is 12.8. The maximum atomic E-state index is 12.7. The Morgan fingerprint density at radius 2 is 1.09 bits per heavy atom. The first-order valence-electron chi connectivity index (χ1n) is 12.6. The van der Waals surface area contributed by atoms with Crippen LogP contribution in [0, 0.1) is 0 Å². The SMILES string of the molecule is CCCCCCCCCCCC(=O)N(CCCNC(=O)[C@H](C)N)CCCNC(=O)[C@H](C)N. The molecule has 0 aromatic carbocycles. The van der Waals surface area contributed by atoms with E-state index in [4.69, 9.17) is 11.5 Å². The van der Waals surface area contributed by atoms with Gasteiger partial charge in [-0.25, -0.2) is 0 Å². The van der Waals surface area contributed by atoms with Crippen LogP contribution < -0.4 is 22.1 Å². The number of nitrogens with zero attached hydrogens (tertiary/aromatic N) is 1. The summed E-state index contributed by atoms with van der Waals surface area (Å²) in [6.07, 6.45) is 12.9. The fourth-order valence-corrected chi connectivity index (χ4v) is 3.39. The van der Waals surface area contributed by atoms with Crippen LogP contribution in [0.3, 0.4) is 0 Å². The molecule has 0 unspecified atom stereocenters. The maximum Gasteiger partial charge on any atom is 0.236 e. The van der Waals surface area contributed by atoms with E-state index in [-0.39, 0.29) is 17.7 Å². The lowest BCUT2D eigenvalue weighted by Crippen LogP contribution is -2.41. The van der Waals surface area contributed by atoms with Gasteiger partial charge < -0.3 is 27.0 Å². The predicted octanol–water partition coefficient (Wildman–Crippen LogP) is 2.44. The summed E-state index contributed by atoms with van der Waals surface area (Å²) in [4.78, 5) is 37.8. The minimum absolute atomic E-state index is 0.144. The highest BCUT2D eigenvalue weighted by Gasteiger charge is 2.14. The number of hydrogen-bond donors (Lipinski definition) is 4. The van der Waals surface area contributed by atoms with Crippen molar-refractivity contribution >= 4 is 17.7 Å². The Bertz CT molecular complexity index is 484. The van der Waals surface area contributed by atoms with Crippen molar-refractivity contribution in [2.45, 2.75) is 110 Å². The number of rotatable bonds is 20. The van der Waals surface area contributed by atoms with Gasteiger partial charge in [0.05, 0.1) is 12.1 Å². The third-order valence-corrected chi connectivity index (χ3v) is 5.48. The van der Waals surface area contributed by atoms with Gasteiger partial charge in [0, 0.05) is 32.6 Å². The molecule has 0 aliphatic heterocycles. The zero-order chi connectivity index (χ0) is 24.2. The minimum atomic E-state index is -0.534. The number of amides is 3. The summed E-state index contributed by atoms with van der Waals surface area (Å²) in [5.74, 6) is -0.225. The number of unbranched alkanes of at least 4 members (excludes halogenated alkanes) is 8. The molecule has 8 nitrogen and oxygen atoms in total. The Morgan fingerprint density at radius 1 is 0.688 bits per heavy atom. The second kappa shape index (κ2) is 20.0. The quantitative estimate of drug-likeness (QED) is 0.209. The van der Waals surface area contributed by atoms with Crippen molar-refractivity contribution in [2.75, 3.05) is 26.2 Å². The lowest BCUT2D eigenvalue weighted by molar-refractivity contribution is -0.131. The molecular weight excluding hydrogens is 406 g/mol. The van der Waals surface area contributed by atoms with Gasteiger partial charge in [0.2, 0.25) is 17.7 Å². The van der Waals surface area contributed by atoms with Gasteiger partial charge in [0.15, 0.2) is 0 Å². The van der Waals surface area contributed by atoms with Crippen LogP contribution in [0.25, 0.3) is 0 Å². The average Bonchev–Trinajstić information content (AvgIpc) is 2.75. The van der Waals surface area contributed by atoms with Crippen molar-refractivity contribution in [3.05, 3.63) is 0 Å². The van der Waals surface area contributed by atoms with E-state index in [0.717, 1.165) is 12.8 Å². The van der Waals surface area contributed by atoms with Crippen LogP contribution in [0.4, 0.5) is 0 Å². The largest absolute Gasteiger partial charge is 0.355 e. The van der Waals surface area contributed by atoms with E-state index in [0.29, 0.717) is 45.4 Å². The molecule has 3 amide bonds. The van der Waals surface area contributed by atoms with Gasteiger partial charge >= 0.3 is 0 Å². The van der Waals surface area contributed by atoms with Gasteiger partial charge in [-0.1, -0.05) is 58.3 Å². The summed E-state index contributed by atoms with van der Waals surface area (Å²) in [7, 11) is 0. The minimum Gasteiger partial charge on any atom is -0.355 e. The van der Waals surface area contributed by atoms with E-state index in [1.807, 2.05) is 4.90 Å². The van der Waals surface area contributed by atoms with Crippen molar-refractivity contribution in [1.29, 1.82) is 0 Å². The van der Waals surface area contributed by atoms with Gasteiger partial charge in [-0.2, -0.15) is 0 Å². The number of nitrogens with two attached hydrogens (primary N) is 2. The molecule has 0 spiro atoms. The second-order valence-corrected chi connectivity index (χ2v) is 8.83. The van der Waals surface area contributed by atoms with Gasteiger partial charge in [0.25, 0.3) is 0 Å². The molecule has 0 aliphatic carbocycles. The van der Waals surface area contributed by atoms with Crippen LogP contribution in [0.1, 0.15) is 97.8 Å². The van der Waals surface area contributed by atoms with Crippen LogP contribution in [0.15, 0.2) is 0 Å². The molecule has 6 N–H and O–H groups in total. The third kappa shape index (κ3) is 17.0. The number of carbonyl (C=O) groups is 3. The zero-order valence-corrected chi connectivity index (χ0v) is 20.8. The monoisotopic (exact) mass is 455 g/mol. The second-order valence-electron chi connectivity index (χ2n) is 8.83. The molecule has 0 heterocycles. The lowest BCUT2D eigenvalue weighted by Gasteiger charge is -2.23. The highest BCUT2D eigenvalue weighted by Crippen LogP contribution is 2.11. The van der Waals surface area contributed by atoms with Crippen molar-refractivity contribution in [3.8, 4) is 0 Å². The van der Waals surface area contributed by atoms with Crippen LogP contribution in [0.5, 0.6) is 0 Å². The molecule has 0 radical (unpaired) electrons. The Hall–Kier alpha value is -1.67. The Balaban J connectivity index is 4.25. The molecule has 0 saturated carbocycles. The highest BCUT2D eigenvalue weighted by atomic mass is 16.2. The number of hydrogen-bond acceptors (Lipinski definition) is 5. The molecule has 8 heteroatoms. The van der Waals surface area contributed by atoms with Crippen LogP contribution in [0.2, 0.25) is 0 Å². The topological polar surface area (TPSA) is 131 Å². The highest BCUT2D eigenvalue weighted by molar-refractivity contribution is 5.81. The summed E-state index contributed by atoms with van der Waals surface area (Å²) in [5.41, 5.74) is 11.1. The summed E-state index contributed by atoms with van der Waals surface area (Å²) in [6, 6.07) is -1.07. The molecule has 2 atom stereocenters. The molecule has 0 aliphatic rings. The average molecular weight is 456 g/mol. The van der Waals surface area contributed by atoms with E-state index in [9.17, 15) is 14.4 Å². The third-order valence-electron chi connectivity index (χ3n) is 5.48. The van der Waals surface area contributed by atoms with Crippen molar-refractivity contribution in [3.63, 3.8) is 0 Å². The van der Waals surface area contributed by atoms with Crippen LogP contribution in [-0.2, 0) is 14.4 Å². The first kappa shape index (κ1) is 30.3. The Labute approximate surface area is 195 Å². The summed E-state index contributed by atoms with van der Waals surface area (Å²) in [5, 5.41) is 5.57. The Morgan fingerprint density at radius 3 is 1.50 bits per heavy atom. The van der Waals surface area contributed by atoms with E-state index in [1.165, 1.54) is 44.9 Å². The summed E-state index contributed by atoms with van der Waals surface area (Å²) >= 11 is 0. The molecule has 32 heavy (non-hydrogen) atoms. The van der Waals surface area contributed by atoms with Crippen LogP contribution in [-0.4, -0.2) is 60.9 Å². The molecule has 0 aromatic rings. The zero-order valence-electron chi connectivity index (χ0n) is 20.8. The van der Waals surface area contributed by atoms with Crippen molar-refractivity contribution in [2.24, 2.45) is 11.5 Å². The van der Waals surface area contributed by atoms with E-state index in [2.05, 4.69) is 17.6 Å². The summed E-state index contributed by atoms with van der Waals surface area (Å²) < 4.78 is 0. The predicted molar refractivity (Wildman–Crippen MR) is 131 cm³/mol.